The van der Waals surface area contributed by atoms with E-state index in [1.807, 2.05) is 0 Å². The van der Waals surface area contributed by atoms with E-state index in [0.29, 0.717) is 6.54 Å². The van der Waals surface area contributed by atoms with Crippen LogP contribution in [0.5, 0.6) is 0 Å². The van der Waals surface area contributed by atoms with E-state index in [0.717, 1.165) is 6.07 Å². The molecule has 0 saturated heterocycles. The average Bonchev–Trinajstić information content (AvgIpc) is 2.24. The lowest BCUT2D eigenvalue weighted by Gasteiger charge is -2.11. The molecule has 0 radical (unpaired) electrons. The summed E-state index contributed by atoms with van der Waals surface area (Å²) in [5.74, 6) is -2.29. The van der Waals surface area contributed by atoms with Crippen LogP contribution in [0.15, 0.2) is 18.2 Å². The zero-order valence-electron chi connectivity index (χ0n) is 8.97. The van der Waals surface area contributed by atoms with Gasteiger partial charge in [-0.3, -0.25) is 4.79 Å². The van der Waals surface area contributed by atoms with E-state index in [2.05, 4.69) is 5.32 Å². The molecule has 0 aliphatic carbocycles. The van der Waals surface area contributed by atoms with Crippen LogP contribution in [0, 0.1) is 11.6 Å². The summed E-state index contributed by atoms with van der Waals surface area (Å²) in [4.78, 5) is 11.4. The fraction of sp³-hybridized carbons (Fsp3) is 0.364. The standard InChI is InChI=1S/C11H14F2N2O/c1-7(6-14)15-10(16)5-8-3-2-4-9(12)11(8)13/h2-4,7H,5-6,14H2,1H3,(H,15,16)/t7-/m1/s1. The lowest BCUT2D eigenvalue weighted by atomic mass is 10.1. The minimum atomic E-state index is -0.974. The predicted octanol–water partition coefficient (Wildman–Crippen LogP) is 0.971. The summed E-state index contributed by atoms with van der Waals surface area (Å²) in [6.45, 7) is 2.04. The van der Waals surface area contributed by atoms with Crippen LogP contribution in [0.25, 0.3) is 0 Å². The third-order valence-electron chi connectivity index (χ3n) is 2.14. The zero-order chi connectivity index (χ0) is 12.1. The number of rotatable bonds is 4. The molecule has 0 heterocycles. The number of hydrogen-bond donors (Lipinski definition) is 2. The van der Waals surface area contributed by atoms with Crippen LogP contribution in [-0.2, 0) is 11.2 Å². The maximum Gasteiger partial charge on any atom is 0.224 e. The molecular weight excluding hydrogens is 214 g/mol. The van der Waals surface area contributed by atoms with Crippen molar-refractivity contribution in [1.82, 2.24) is 5.32 Å². The van der Waals surface area contributed by atoms with Gasteiger partial charge in [0.1, 0.15) is 0 Å². The van der Waals surface area contributed by atoms with Crippen LogP contribution < -0.4 is 11.1 Å². The van der Waals surface area contributed by atoms with Crippen molar-refractivity contribution in [2.45, 2.75) is 19.4 Å². The van der Waals surface area contributed by atoms with Crippen LogP contribution in [0.1, 0.15) is 12.5 Å². The third-order valence-corrected chi connectivity index (χ3v) is 2.14. The topological polar surface area (TPSA) is 55.1 Å². The van der Waals surface area contributed by atoms with E-state index >= 15 is 0 Å². The summed E-state index contributed by atoms with van der Waals surface area (Å²) in [5, 5.41) is 2.57. The molecule has 0 spiro atoms. The monoisotopic (exact) mass is 228 g/mol. The van der Waals surface area contributed by atoms with Gasteiger partial charge in [0.15, 0.2) is 11.6 Å². The number of nitrogens with one attached hydrogen (secondary N) is 1. The number of benzene rings is 1. The van der Waals surface area contributed by atoms with Gasteiger partial charge in [0.2, 0.25) is 5.91 Å². The number of nitrogens with two attached hydrogens (primary N) is 1. The van der Waals surface area contributed by atoms with Gasteiger partial charge in [-0.15, -0.1) is 0 Å². The maximum absolute atomic E-state index is 13.2. The van der Waals surface area contributed by atoms with Crippen molar-refractivity contribution in [3.8, 4) is 0 Å². The highest BCUT2D eigenvalue weighted by Crippen LogP contribution is 2.11. The molecular formula is C11H14F2N2O. The third kappa shape index (κ3) is 3.27. The molecule has 0 saturated carbocycles. The van der Waals surface area contributed by atoms with E-state index < -0.39 is 11.6 Å². The molecule has 3 N–H and O–H groups in total. The minimum Gasteiger partial charge on any atom is -0.352 e. The highest BCUT2D eigenvalue weighted by molar-refractivity contribution is 5.78. The van der Waals surface area contributed by atoms with Gasteiger partial charge >= 0.3 is 0 Å². The van der Waals surface area contributed by atoms with E-state index in [9.17, 15) is 13.6 Å². The first-order chi connectivity index (χ1) is 7.54. The molecule has 0 aliphatic rings. The fourth-order valence-electron chi connectivity index (χ4n) is 1.24. The van der Waals surface area contributed by atoms with E-state index in [4.69, 9.17) is 5.73 Å². The second kappa shape index (κ2) is 5.55. The normalized spacial score (nSPS) is 12.2. The van der Waals surface area contributed by atoms with Crippen molar-refractivity contribution in [2.75, 3.05) is 6.54 Å². The Bertz CT molecular complexity index is 382. The lowest BCUT2D eigenvalue weighted by molar-refractivity contribution is -0.121. The molecule has 1 aromatic carbocycles. The Kier molecular flexibility index (Phi) is 4.37. The highest BCUT2D eigenvalue weighted by atomic mass is 19.2. The minimum absolute atomic E-state index is 0.0433. The molecule has 1 atom stereocenters. The van der Waals surface area contributed by atoms with Gasteiger partial charge in [0.05, 0.1) is 6.42 Å². The summed E-state index contributed by atoms with van der Waals surface area (Å²) in [7, 11) is 0. The molecule has 1 rings (SSSR count). The molecule has 0 aliphatic heterocycles. The Morgan fingerprint density at radius 2 is 2.19 bits per heavy atom. The van der Waals surface area contributed by atoms with Crippen LogP contribution in [0.3, 0.4) is 0 Å². The highest BCUT2D eigenvalue weighted by Gasteiger charge is 2.12. The first kappa shape index (κ1) is 12.6. The predicted molar refractivity (Wildman–Crippen MR) is 56.7 cm³/mol. The summed E-state index contributed by atoms with van der Waals surface area (Å²) in [6, 6.07) is 3.58. The smallest absolute Gasteiger partial charge is 0.224 e. The Morgan fingerprint density at radius 1 is 1.50 bits per heavy atom. The largest absolute Gasteiger partial charge is 0.352 e. The quantitative estimate of drug-likeness (QED) is 0.806. The molecule has 0 unspecified atom stereocenters. The first-order valence-corrected chi connectivity index (χ1v) is 4.97. The van der Waals surface area contributed by atoms with E-state index in [1.165, 1.54) is 12.1 Å². The fourth-order valence-corrected chi connectivity index (χ4v) is 1.24. The van der Waals surface area contributed by atoms with Crippen molar-refractivity contribution in [3.05, 3.63) is 35.4 Å². The van der Waals surface area contributed by atoms with Crippen molar-refractivity contribution in [2.24, 2.45) is 5.73 Å². The Labute approximate surface area is 92.6 Å². The van der Waals surface area contributed by atoms with Gasteiger partial charge in [-0.2, -0.15) is 0 Å². The second-order valence-electron chi connectivity index (χ2n) is 3.59. The molecule has 88 valence electrons. The van der Waals surface area contributed by atoms with Crippen LogP contribution in [-0.4, -0.2) is 18.5 Å². The molecule has 1 amide bonds. The Balaban J connectivity index is 2.66. The van der Waals surface area contributed by atoms with Crippen molar-refractivity contribution in [3.63, 3.8) is 0 Å². The Morgan fingerprint density at radius 3 is 2.81 bits per heavy atom. The van der Waals surface area contributed by atoms with Gasteiger partial charge in [0, 0.05) is 18.2 Å². The van der Waals surface area contributed by atoms with E-state index in [1.54, 1.807) is 6.92 Å². The number of halogens is 2. The molecule has 5 heteroatoms. The SMILES string of the molecule is C[C@H](CN)NC(=O)Cc1cccc(F)c1F. The molecule has 3 nitrogen and oxygen atoms in total. The van der Waals surface area contributed by atoms with Gasteiger partial charge in [-0.25, -0.2) is 8.78 Å². The van der Waals surface area contributed by atoms with Gasteiger partial charge in [-0.1, -0.05) is 12.1 Å². The number of carbonyl (C=O) groups excluding carboxylic acids is 1. The van der Waals surface area contributed by atoms with Crippen molar-refractivity contribution < 1.29 is 13.6 Å². The molecule has 1 aromatic rings. The molecule has 0 fully saturated rings. The molecule has 0 aromatic heterocycles. The van der Waals surface area contributed by atoms with Crippen molar-refractivity contribution >= 4 is 5.91 Å². The van der Waals surface area contributed by atoms with Gasteiger partial charge in [0.25, 0.3) is 0 Å². The maximum atomic E-state index is 13.2. The summed E-state index contributed by atoms with van der Waals surface area (Å²) >= 11 is 0. The zero-order valence-corrected chi connectivity index (χ0v) is 8.97. The van der Waals surface area contributed by atoms with E-state index in [-0.39, 0.29) is 23.9 Å². The lowest BCUT2D eigenvalue weighted by Crippen LogP contribution is -2.38. The summed E-state index contributed by atoms with van der Waals surface area (Å²) in [6.07, 6.45) is -0.187. The Hall–Kier alpha value is -1.49. The van der Waals surface area contributed by atoms with Gasteiger partial charge in [-0.05, 0) is 13.0 Å². The van der Waals surface area contributed by atoms with Crippen LogP contribution in [0.4, 0.5) is 8.78 Å². The summed E-state index contributed by atoms with van der Waals surface area (Å²) in [5.41, 5.74) is 5.36. The number of amides is 1. The first-order valence-electron chi connectivity index (χ1n) is 4.97. The van der Waals surface area contributed by atoms with Crippen molar-refractivity contribution in [1.29, 1.82) is 0 Å². The molecule has 16 heavy (non-hydrogen) atoms. The van der Waals surface area contributed by atoms with Crippen LogP contribution >= 0.6 is 0 Å². The number of carbonyl (C=O) groups is 1. The number of hydrogen-bond acceptors (Lipinski definition) is 2. The summed E-state index contributed by atoms with van der Waals surface area (Å²) < 4.78 is 26.0. The van der Waals surface area contributed by atoms with Crippen LogP contribution in [0.2, 0.25) is 0 Å². The second-order valence-corrected chi connectivity index (χ2v) is 3.59. The van der Waals surface area contributed by atoms with Gasteiger partial charge < -0.3 is 11.1 Å². The average molecular weight is 228 g/mol. The molecule has 0 bridgehead atoms.